The molecule has 6 N–H and O–H groups in total. The number of aryl methyl sites for hydroxylation is 1. The van der Waals surface area contributed by atoms with Gasteiger partial charge >= 0.3 is 0 Å². The van der Waals surface area contributed by atoms with Crippen molar-refractivity contribution in [3.63, 3.8) is 0 Å². The van der Waals surface area contributed by atoms with E-state index >= 15 is 0 Å². The molecule has 0 spiro atoms. The van der Waals surface area contributed by atoms with E-state index in [2.05, 4.69) is 39.0 Å². The fourth-order valence-electron chi connectivity index (χ4n) is 1.11. The zero-order valence-electron chi connectivity index (χ0n) is 13.5. The maximum absolute atomic E-state index is 5.82. The SMILES string of the molecule is C.CC(C)(C)C(N)N.Cc1ccc(C(C)(C)C)cc1N. The van der Waals surface area contributed by atoms with Crippen molar-refractivity contribution in [2.75, 3.05) is 5.73 Å². The summed E-state index contributed by atoms with van der Waals surface area (Å²) in [6, 6.07) is 6.29. The first kappa shape index (κ1) is 21.2. The van der Waals surface area contributed by atoms with Crippen molar-refractivity contribution in [3.05, 3.63) is 29.3 Å². The summed E-state index contributed by atoms with van der Waals surface area (Å²) in [5.41, 5.74) is 20.1. The first-order chi connectivity index (χ1) is 8.35. The Kier molecular flexibility index (Phi) is 8.13. The third-order valence-corrected chi connectivity index (χ3v) is 3.15. The standard InChI is InChI=1S/C11H17N.C5H14N2.CH4/c1-8-5-6-9(7-10(8)12)11(2,3)4;1-5(2,3)4(6)7;/h5-7H,12H2,1-4H3;4H,6-7H2,1-3H3;1H4. The Bertz CT molecular complexity index is 396. The number of hydrogen-bond donors (Lipinski definition) is 3. The van der Waals surface area contributed by atoms with Crippen LogP contribution in [-0.2, 0) is 5.41 Å². The molecule has 0 saturated heterocycles. The van der Waals surface area contributed by atoms with Crippen LogP contribution < -0.4 is 17.2 Å². The van der Waals surface area contributed by atoms with Gasteiger partial charge in [0.25, 0.3) is 0 Å². The van der Waals surface area contributed by atoms with Crippen LogP contribution in [0.4, 0.5) is 5.69 Å². The second kappa shape index (κ2) is 7.65. The van der Waals surface area contributed by atoms with E-state index in [0.717, 1.165) is 11.3 Å². The summed E-state index contributed by atoms with van der Waals surface area (Å²) >= 11 is 0. The summed E-state index contributed by atoms with van der Waals surface area (Å²) in [4.78, 5) is 0. The molecule has 3 nitrogen and oxygen atoms in total. The molecule has 0 unspecified atom stereocenters. The summed E-state index contributed by atoms with van der Waals surface area (Å²) < 4.78 is 0. The molecule has 0 saturated carbocycles. The van der Waals surface area contributed by atoms with Crippen molar-refractivity contribution in [2.45, 2.75) is 67.5 Å². The molecule has 0 aromatic heterocycles. The molecule has 1 aromatic carbocycles. The van der Waals surface area contributed by atoms with E-state index in [-0.39, 0.29) is 24.4 Å². The van der Waals surface area contributed by atoms with Gasteiger partial charge in [-0.25, -0.2) is 0 Å². The first-order valence-electron chi connectivity index (χ1n) is 6.73. The molecule has 1 aromatic rings. The average molecular weight is 281 g/mol. The van der Waals surface area contributed by atoms with E-state index in [4.69, 9.17) is 17.2 Å². The summed E-state index contributed by atoms with van der Waals surface area (Å²) in [7, 11) is 0. The third kappa shape index (κ3) is 7.51. The fourth-order valence-corrected chi connectivity index (χ4v) is 1.11. The van der Waals surface area contributed by atoms with Crippen molar-refractivity contribution in [1.29, 1.82) is 0 Å². The van der Waals surface area contributed by atoms with Gasteiger partial charge in [0.2, 0.25) is 0 Å². The van der Waals surface area contributed by atoms with Crippen LogP contribution >= 0.6 is 0 Å². The normalized spacial score (nSPS) is 11.5. The minimum atomic E-state index is -0.201. The number of hydrogen-bond acceptors (Lipinski definition) is 3. The Morgan fingerprint density at radius 1 is 0.950 bits per heavy atom. The number of nitrogens with two attached hydrogens (primary N) is 3. The number of nitrogen functional groups attached to an aromatic ring is 1. The minimum Gasteiger partial charge on any atom is -0.399 e. The van der Waals surface area contributed by atoms with Gasteiger partial charge in [-0.3, -0.25) is 0 Å². The van der Waals surface area contributed by atoms with Crippen molar-refractivity contribution in [1.82, 2.24) is 0 Å². The Balaban J connectivity index is 0. The largest absolute Gasteiger partial charge is 0.399 e. The molecule has 118 valence electrons. The molecule has 1 rings (SSSR count). The predicted molar refractivity (Wildman–Crippen MR) is 92.6 cm³/mol. The molecular weight excluding hydrogens is 246 g/mol. The predicted octanol–water partition coefficient (Wildman–Crippen LogP) is 3.79. The van der Waals surface area contributed by atoms with Gasteiger partial charge in [-0.05, 0) is 34.9 Å². The van der Waals surface area contributed by atoms with Crippen LogP contribution in [-0.4, -0.2) is 6.17 Å². The van der Waals surface area contributed by atoms with Gasteiger partial charge in [0.15, 0.2) is 0 Å². The van der Waals surface area contributed by atoms with Crippen LogP contribution in [0, 0.1) is 12.3 Å². The van der Waals surface area contributed by atoms with Crippen molar-refractivity contribution in [3.8, 4) is 0 Å². The summed E-state index contributed by atoms with van der Waals surface area (Å²) in [5, 5.41) is 0. The maximum atomic E-state index is 5.82. The summed E-state index contributed by atoms with van der Waals surface area (Å²) in [5.74, 6) is 0. The lowest BCUT2D eigenvalue weighted by molar-refractivity contribution is 0.327. The molecular formula is C17H35N3. The maximum Gasteiger partial charge on any atom is 0.0570 e. The molecule has 0 bridgehead atoms. The second-order valence-corrected chi connectivity index (χ2v) is 7.21. The van der Waals surface area contributed by atoms with E-state index in [1.165, 1.54) is 5.56 Å². The van der Waals surface area contributed by atoms with Crippen LogP contribution in [0.15, 0.2) is 18.2 Å². The Morgan fingerprint density at radius 2 is 1.35 bits per heavy atom. The van der Waals surface area contributed by atoms with E-state index in [0.29, 0.717) is 0 Å². The van der Waals surface area contributed by atoms with E-state index < -0.39 is 0 Å². The lowest BCUT2D eigenvalue weighted by Crippen LogP contribution is -2.42. The highest BCUT2D eigenvalue weighted by molar-refractivity contribution is 5.49. The smallest absolute Gasteiger partial charge is 0.0570 e. The molecule has 0 amide bonds. The number of rotatable bonds is 0. The topological polar surface area (TPSA) is 78.1 Å². The monoisotopic (exact) mass is 281 g/mol. The molecule has 0 aliphatic heterocycles. The molecule has 3 heteroatoms. The quantitative estimate of drug-likeness (QED) is 0.500. The van der Waals surface area contributed by atoms with Gasteiger partial charge < -0.3 is 17.2 Å². The van der Waals surface area contributed by atoms with Crippen molar-refractivity contribution >= 4 is 5.69 Å². The van der Waals surface area contributed by atoms with Crippen LogP contribution in [0.2, 0.25) is 0 Å². The molecule has 0 radical (unpaired) electrons. The fraction of sp³-hybridized carbons (Fsp3) is 0.647. The van der Waals surface area contributed by atoms with Gasteiger partial charge in [-0.1, -0.05) is 61.1 Å². The van der Waals surface area contributed by atoms with Gasteiger partial charge in [0, 0.05) is 5.69 Å². The molecule has 0 fully saturated rings. The first-order valence-corrected chi connectivity index (χ1v) is 6.73. The van der Waals surface area contributed by atoms with E-state index in [9.17, 15) is 0 Å². The van der Waals surface area contributed by atoms with Crippen LogP contribution in [0.25, 0.3) is 0 Å². The van der Waals surface area contributed by atoms with Crippen LogP contribution in [0.5, 0.6) is 0 Å². The second-order valence-electron chi connectivity index (χ2n) is 7.21. The van der Waals surface area contributed by atoms with Gasteiger partial charge in [-0.15, -0.1) is 0 Å². The highest BCUT2D eigenvalue weighted by Crippen LogP contribution is 2.25. The van der Waals surface area contributed by atoms with Crippen LogP contribution in [0.3, 0.4) is 0 Å². The molecule has 0 heterocycles. The average Bonchev–Trinajstić information content (AvgIpc) is 2.20. The van der Waals surface area contributed by atoms with Crippen molar-refractivity contribution in [2.24, 2.45) is 16.9 Å². The Hall–Kier alpha value is -1.06. The highest BCUT2D eigenvalue weighted by atomic mass is 14.9. The van der Waals surface area contributed by atoms with E-state index in [1.807, 2.05) is 27.7 Å². The zero-order chi connectivity index (χ0) is 15.4. The zero-order valence-corrected chi connectivity index (χ0v) is 13.5. The molecule has 20 heavy (non-hydrogen) atoms. The number of benzene rings is 1. The Morgan fingerprint density at radius 3 is 1.60 bits per heavy atom. The third-order valence-electron chi connectivity index (χ3n) is 3.15. The van der Waals surface area contributed by atoms with Gasteiger partial charge in [0.05, 0.1) is 6.17 Å². The lowest BCUT2D eigenvalue weighted by atomic mass is 9.86. The molecule has 0 aliphatic carbocycles. The highest BCUT2D eigenvalue weighted by Gasteiger charge is 2.15. The van der Waals surface area contributed by atoms with Gasteiger partial charge in [-0.2, -0.15) is 0 Å². The molecule has 0 atom stereocenters. The van der Waals surface area contributed by atoms with Crippen molar-refractivity contribution < 1.29 is 0 Å². The molecule has 0 aliphatic rings. The Labute approximate surface area is 125 Å². The lowest BCUT2D eigenvalue weighted by Gasteiger charge is -2.22. The summed E-state index contributed by atoms with van der Waals surface area (Å²) in [6.45, 7) is 14.6. The minimum absolute atomic E-state index is 0. The van der Waals surface area contributed by atoms with E-state index in [1.54, 1.807) is 0 Å². The van der Waals surface area contributed by atoms with Crippen LogP contribution in [0.1, 0.15) is 60.1 Å². The summed E-state index contributed by atoms with van der Waals surface area (Å²) in [6.07, 6.45) is -0.201. The number of anilines is 1. The van der Waals surface area contributed by atoms with Gasteiger partial charge in [0.1, 0.15) is 0 Å².